The smallest absolute Gasteiger partial charge is 0.327 e. The summed E-state index contributed by atoms with van der Waals surface area (Å²) in [5.41, 5.74) is 0.680. The van der Waals surface area contributed by atoms with Crippen molar-refractivity contribution < 1.29 is 24.2 Å². The summed E-state index contributed by atoms with van der Waals surface area (Å²) in [7, 11) is 0. The van der Waals surface area contributed by atoms with Gasteiger partial charge < -0.3 is 9.84 Å². The number of amides is 1. The zero-order valence-corrected chi connectivity index (χ0v) is 20.5. The SMILES string of the molecule is CCOC(=O)[C@H](CCc1ccccc1)NC(C)C(=O)N(c1cccnc1)[C@H](C(=O)O)C(C)(C)C. The number of esters is 1. The summed E-state index contributed by atoms with van der Waals surface area (Å²) in [5, 5.41) is 13.1. The van der Waals surface area contributed by atoms with Crippen LogP contribution in [0.15, 0.2) is 54.9 Å². The summed E-state index contributed by atoms with van der Waals surface area (Å²) in [6, 6.07) is 10.3. The normalized spacial score (nSPS) is 14.0. The quantitative estimate of drug-likeness (QED) is 0.485. The maximum atomic E-state index is 13.6. The molecule has 8 heteroatoms. The van der Waals surface area contributed by atoms with Crippen molar-refractivity contribution in [3.05, 3.63) is 60.4 Å². The number of rotatable bonds is 11. The Balaban J connectivity index is 2.31. The molecule has 8 nitrogen and oxygen atoms in total. The van der Waals surface area contributed by atoms with Crippen LogP contribution in [0.2, 0.25) is 0 Å². The average Bonchev–Trinajstić information content (AvgIpc) is 2.79. The number of aromatic nitrogens is 1. The number of carboxylic acids is 1. The molecule has 34 heavy (non-hydrogen) atoms. The molecular weight excluding hydrogens is 434 g/mol. The Labute approximate surface area is 201 Å². The number of benzene rings is 1. The van der Waals surface area contributed by atoms with Gasteiger partial charge in [0.2, 0.25) is 5.91 Å². The molecule has 0 radical (unpaired) electrons. The third-order valence-electron chi connectivity index (χ3n) is 5.43. The predicted octanol–water partition coefficient (Wildman–Crippen LogP) is 3.46. The molecule has 3 atom stereocenters. The summed E-state index contributed by atoms with van der Waals surface area (Å²) in [6.07, 6.45) is 4.06. The van der Waals surface area contributed by atoms with Gasteiger partial charge in [0.25, 0.3) is 0 Å². The Morgan fingerprint density at radius 1 is 1.12 bits per heavy atom. The monoisotopic (exact) mass is 469 g/mol. The highest BCUT2D eigenvalue weighted by Gasteiger charge is 2.42. The van der Waals surface area contributed by atoms with Gasteiger partial charge in [0.05, 0.1) is 24.5 Å². The standard InChI is InChI=1S/C26H35N3O5/c1-6-34-25(33)21(15-14-19-11-8-7-9-12-19)28-18(2)23(30)29(20-13-10-16-27-17-20)22(24(31)32)26(3,4)5/h7-13,16-18,21-22,28H,6,14-15H2,1-5H3,(H,31,32)/t18?,21-,22+/m0/s1. The second kappa shape index (κ2) is 12.3. The van der Waals surface area contributed by atoms with Gasteiger partial charge in [-0.2, -0.15) is 0 Å². The summed E-state index contributed by atoms with van der Waals surface area (Å²) in [6.45, 7) is 8.87. The van der Waals surface area contributed by atoms with Crippen LogP contribution in [0, 0.1) is 5.41 Å². The molecule has 0 aliphatic rings. The Morgan fingerprint density at radius 2 is 1.79 bits per heavy atom. The van der Waals surface area contributed by atoms with E-state index >= 15 is 0 Å². The van der Waals surface area contributed by atoms with Crippen LogP contribution < -0.4 is 10.2 Å². The molecule has 2 N–H and O–H groups in total. The number of nitrogens with one attached hydrogen (secondary N) is 1. The molecule has 0 bridgehead atoms. The summed E-state index contributed by atoms with van der Waals surface area (Å²) in [4.78, 5) is 43.9. The second-order valence-corrected chi connectivity index (χ2v) is 9.24. The largest absolute Gasteiger partial charge is 0.480 e. The van der Waals surface area contributed by atoms with Crippen LogP contribution in [-0.4, -0.2) is 52.7 Å². The second-order valence-electron chi connectivity index (χ2n) is 9.24. The van der Waals surface area contributed by atoms with Gasteiger partial charge in [0.15, 0.2) is 0 Å². The van der Waals surface area contributed by atoms with Gasteiger partial charge in [-0.15, -0.1) is 0 Å². The maximum absolute atomic E-state index is 13.6. The molecule has 0 aliphatic carbocycles. The van der Waals surface area contributed by atoms with E-state index < -0.39 is 41.4 Å². The van der Waals surface area contributed by atoms with Crippen LogP contribution in [0.5, 0.6) is 0 Å². The molecule has 2 rings (SSSR count). The summed E-state index contributed by atoms with van der Waals surface area (Å²) < 4.78 is 5.23. The number of nitrogens with zero attached hydrogens (tertiary/aromatic N) is 2. The van der Waals surface area contributed by atoms with Crippen molar-refractivity contribution >= 4 is 23.5 Å². The van der Waals surface area contributed by atoms with E-state index in [0.29, 0.717) is 18.5 Å². The number of aliphatic carboxylic acids is 1. The van der Waals surface area contributed by atoms with Crippen LogP contribution in [-0.2, 0) is 25.5 Å². The van der Waals surface area contributed by atoms with Crippen molar-refractivity contribution in [3.63, 3.8) is 0 Å². The van der Waals surface area contributed by atoms with Crippen molar-refractivity contribution in [1.29, 1.82) is 0 Å². The topological polar surface area (TPSA) is 109 Å². The number of aryl methyl sites for hydroxylation is 1. The van der Waals surface area contributed by atoms with Crippen LogP contribution in [0.1, 0.15) is 46.6 Å². The molecule has 1 aromatic heterocycles. The highest BCUT2D eigenvalue weighted by Crippen LogP contribution is 2.29. The van der Waals surface area contributed by atoms with Gasteiger partial charge in [-0.25, -0.2) is 4.79 Å². The molecule has 0 aliphatic heterocycles. The fourth-order valence-corrected chi connectivity index (χ4v) is 3.82. The van der Waals surface area contributed by atoms with E-state index in [9.17, 15) is 19.5 Å². The molecule has 0 spiro atoms. The number of pyridine rings is 1. The van der Waals surface area contributed by atoms with Gasteiger partial charge >= 0.3 is 11.9 Å². The van der Waals surface area contributed by atoms with E-state index in [0.717, 1.165) is 5.56 Å². The maximum Gasteiger partial charge on any atom is 0.327 e. The lowest BCUT2D eigenvalue weighted by Gasteiger charge is -2.38. The highest BCUT2D eigenvalue weighted by molar-refractivity contribution is 6.02. The first-order chi connectivity index (χ1) is 16.1. The Kier molecular flexibility index (Phi) is 9.74. The van der Waals surface area contributed by atoms with Crippen LogP contribution >= 0.6 is 0 Å². The van der Waals surface area contributed by atoms with Crippen molar-refractivity contribution in [2.75, 3.05) is 11.5 Å². The van der Waals surface area contributed by atoms with E-state index in [4.69, 9.17) is 4.74 Å². The predicted molar refractivity (Wildman–Crippen MR) is 130 cm³/mol. The van der Waals surface area contributed by atoms with Crippen molar-refractivity contribution in [3.8, 4) is 0 Å². The average molecular weight is 470 g/mol. The zero-order chi connectivity index (χ0) is 25.3. The third kappa shape index (κ3) is 7.38. The van der Waals surface area contributed by atoms with Crippen molar-refractivity contribution in [2.24, 2.45) is 5.41 Å². The Bertz CT molecular complexity index is 944. The minimum atomic E-state index is -1.14. The molecule has 184 valence electrons. The fraction of sp³-hybridized carbons (Fsp3) is 0.462. The molecule has 2 aromatic rings. The van der Waals surface area contributed by atoms with E-state index in [1.165, 1.54) is 11.1 Å². The molecule has 1 unspecified atom stereocenters. The van der Waals surface area contributed by atoms with Crippen molar-refractivity contribution in [2.45, 2.75) is 65.6 Å². The molecule has 0 saturated carbocycles. The van der Waals surface area contributed by atoms with Gasteiger partial charge in [-0.3, -0.25) is 24.8 Å². The molecule has 0 fully saturated rings. The number of carboxylic acid groups (broad SMARTS) is 1. The number of hydrogen-bond donors (Lipinski definition) is 2. The molecule has 1 amide bonds. The Hall–Kier alpha value is -3.26. The lowest BCUT2D eigenvalue weighted by molar-refractivity contribution is -0.147. The van der Waals surface area contributed by atoms with E-state index in [-0.39, 0.29) is 6.61 Å². The van der Waals surface area contributed by atoms with Crippen LogP contribution in [0.4, 0.5) is 5.69 Å². The first-order valence-corrected chi connectivity index (χ1v) is 11.5. The van der Waals surface area contributed by atoms with Gasteiger partial charge in [-0.1, -0.05) is 51.1 Å². The number of anilines is 1. The van der Waals surface area contributed by atoms with E-state index in [2.05, 4.69) is 10.3 Å². The van der Waals surface area contributed by atoms with E-state index in [1.807, 2.05) is 30.3 Å². The van der Waals surface area contributed by atoms with Crippen LogP contribution in [0.25, 0.3) is 0 Å². The van der Waals surface area contributed by atoms with Gasteiger partial charge in [-0.05, 0) is 49.8 Å². The minimum Gasteiger partial charge on any atom is -0.480 e. The van der Waals surface area contributed by atoms with E-state index in [1.54, 1.807) is 52.9 Å². The number of carbonyl (C=O) groups is 3. The van der Waals surface area contributed by atoms with Gasteiger partial charge in [0.1, 0.15) is 12.1 Å². The summed E-state index contributed by atoms with van der Waals surface area (Å²) in [5.74, 6) is -2.04. The lowest BCUT2D eigenvalue weighted by Crippen LogP contribution is -2.58. The minimum absolute atomic E-state index is 0.220. The van der Waals surface area contributed by atoms with Crippen LogP contribution in [0.3, 0.4) is 0 Å². The molecule has 1 heterocycles. The van der Waals surface area contributed by atoms with Gasteiger partial charge in [0, 0.05) is 6.20 Å². The number of ether oxygens (including phenoxy) is 1. The first-order valence-electron chi connectivity index (χ1n) is 11.5. The third-order valence-corrected chi connectivity index (χ3v) is 5.43. The molecule has 1 aromatic carbocycles. The lowest BCUT2D eigenvalue weighted by atomic mass is 9.85. The zero-order valence-electron chi connectivity index (χ0n) is 20.5. The number of carbonyl (C=O) groups excluding carboxylic acids is 2. The molecule has 0 saturated heterocycles. The summed E-state index contributed by atoms with van der Waals surface area (Å²) >= 11 is 0. The number of hydrogen-bond acceptors (Lipinski definition) is 6. The molecular formula is C26H35N3O5. The first kappa shape index (κ1) is 27.0. The highest BCUT2D eigenvalue weighted by atomic mass is 16.5. The fourth-order valence-electron chi connectivity index (χ4n) is 3.82. The van der Waals surface area contributed by atoms with Crippen molar-refractivity contribution in [1.82, 2.24) is 10.3 Å². The Morgan fingerprint density at radius 3 is 2.32 bits per heavy atom.